The Hall–Kier alpha value is -0.960. The molecule has 0 unspecified atom stereocenters. The zero-order chi connectivity index (χ0) is 9.84. The maximum absolute atomic E-state index is 12.7. The Balaban J connectivity index is 2.73. The summed E-state index contributed by atoms with van der Waals surface area (Å²) in [5.74, 6) is -1.59. The molecule has 1 nitrogen and oxygen atoms in total. The number of aliphatic hydroxyl groups is 1. The van der Waals surface area contributed by atoms with Crippen molar-refractivity contribution in [2.75, 3.05) is 6.61 Å². The first-order valence-corrected chi connectivity index (χ1v) is 4.18. The van der Waals surface area contributed by atoms with Crippen LogP contribution >= 0.6 is 0 Å². The molecule has 0 aliphatic carbocycles. The molecule has 0 fully saturated rings. The van der Waals surface area contributed by atoms with Crippen LogP contribution in [0.2, 0.25) is 0 Å². The van der Waals surface area contributed by atoms with Crippen LogP contribution in [-0.2, 0) is 6.42 Å². The fourth-order valence-corrected chi connectivity index (χ4v) is 1.13. The van der Waals surface area contributed by atoms with Crippen LogP contribution in [0.3, 0.4) is 0 Å². The number of benzene rings is 1. The molecular formula is C10H12F2O. The van der Waals surface area contributed by atoms with E-state index >= 15 is 0 Å². The molecule has 1 aromatic rings. The molecule has 0 saturated carbocycles. The van der Waals surface area contributed by atoms with Crippen LogP contribution in [0.25, 0.3) is 0 Å². The molecule has 13 heavy (non-hydrogen) atoms. The van der Waals surface area contributed by atoms with Gasteiger partial charge in [-0.3, -0.25) is 0 Å². The van der Waals surface area contributed by atoms with Gasteiger partial charge in [-0.15, -0.1) is 0 Å². The number of hydrogen-bond acceptors (Lipinski definition) is 1. The van der Waals surface area contributed by atoms with Crippen molar-refractivity contribution in [1.29, 1.82) is 0 Å². The minimum absolute atomic E-state index is 0.0546. The van der Waals surface area contributed by atoms with Gasteiger partial charge in [-0.25, -0.2) is 8.78 Å². The summed E-state index contributed by atoms with van der Waals surface area (Å²) >= 11 is 0. The van der Waals surface area contributed by atoms with Gasteiger partial charge in [-0.1, -0.05) is 13.0 Å². The fraction of sp³-hybridized carbons (Fsp3) is 0.400. The molecule has 0 aliphatic heterocycles. The summed E-state index contributed by atoms with van der Waals surface area (Å²) in [7, 11) is 0. The average Bonchev–Trinajstić information content (AvgIpc) is 2.11. The normalized spacial score (nSPS) is 12.9. The quantitative estimate of drug-likeness (QED) is 0.766. The molecule has 0 amide bonds. The minimum Gasteiger partial charge on any atom is -0.396 e. The Labute approximate surface area is 76.0 Å². The Kier molecular flexibility index (Phi) is 3.37. The molecule has 1 N–H and O–H groups in total. The first-order chi connectivity index (χ1) is 6.13. The molecule has 0 spiro atoms. The van der Waals surface area contributed by atoms with Gasteiger partial charge in [0.2, 0.25) is 0 Å². The maximum Gasteiger partial charge on any atom is 0.159 e. The lowest BCUT2D eigenvalue weighted by Crippen LogP contribution is -2.04. The van der Waals surface area contributed by atoms with E-state index in [4.69, 9.17) is 5.11 Å². The molecule has 0 heterocycles. The van der Waals surface area contributed by atoms with E-state index in [0.29, 0.717) is 12.0 Å². The van der Waals surface area contributed by atoms with Gasteiger partial charge < -0.3 is 5.11 Å². The standard InChI is InChI=1S/C10H12F2O/c1-7(6-13)4-8-2-3-9(11)10(12)5-8/h2-3,5,7,13H,4,6H2,1H3/t7-/m0/s1. The summed E-state index contributed by atoms with van der Waals surface area (Å²) < 4.78 is 25.2. The molecule has 1 atom stereocenters. The molecule has 1 rings (SSSR count). The Morgan fingerprint density at radius 2 is 2.00 bits per heavy atom. The van der Waals surface area contributed by atoms with Crippen LogP contribution in [0.1, 0.15) is 12.5 Å². The zero-order valence-electron chi connectivity index (χ0n) is 7.43. The van der Waals surface area contributed by atoms with E-state index in [-0.39, 0.29) is 12.5 Å². The van der Waals surface area contributed by atoms with Crippen molar-refractivity contribution < 1.29 is 13.9 Å². The highest BCUT2D eigenvalue weighted by atomic mass is 19.2. The summed E-state index contributed by atoms with van der Waals surface area (Å²) in [6.07, 6.45) is 0.563. The van der Waals surface area contributed by atoms with Crippen molar-refractivity contribution in [1.82, 2.24) is 0 Å². The summed E-state index contributed by atoms with van der Waals surface area (Å²) in [6.45, 7) is 1.90. The van der Waals surface area contributed by atoms with Gasteiger partial charge >= 0.3 is 0 Å². The topological polar surface area (TPSA) is 20.2 Å². The Bertz CT molecular complexity index is 286. The second-order valence-electron chi connectivity index (χ2n) is 3.24. The van der Waals surface area contributed by atoms with Crippen molar-refractivity contribution in [3.8, 4) is 0 Å². The number of hydrogen-bond donors (Lipinski definition) is 1. The van der Waals surface area contributed by atoms with Gasteiger partial charge in [0, 0.05) is 6.61 Å². The van der Waals surface area contributed by atoms with Crippen molar-refractivity contribution in [2.45, 2.75) is 13.3 Å². The molecule has 0 aromatic heterocycles. The first-order valence-electron chi connectivity index (χ1n) is 4.18. The predicted molar refractivity (Wildman–Crippen MR) is 46.3 cm³/mol. The SMILES string of the molecule is C[C@H](CO)Cc1ccc(F)c(F)c1. The summed E-state index contributed by atoms with van der Waals surface area (Å²) in [5.41, 5.74) is 0.709. The van der Waals surface area contributed by atoms with Crippen LogP contribution < -0.4 is 0 Å². The van der Waals surface area contributed by atoms with Crippen LogP contribution in [0.15, 0.2) is 18.2 Å². The van der Waals surface area contributed by atoms with E-state index in [2.05, 4.69) is 0 Å². The van der Waals surface area contributed by atoms with Gasteiger partial charge in [0.1, 0.15) is 0 Å². The van der Waals surface area contributed by atoms with E-state index in [9.17, 15) is 8.78 Å². The van der Waals surface area contributed by atoms with Crippen molar-refractivity contribution in [2.24, 2.45) is 5.92 Å². The third-order valence-corrected chi connectivity index (χ3v) is 1.88. The molecule has 72 valence electrons. The first kappa shape index (κ1) is 10.1. The van der Waals surface area contributed by atoms with E-state index in [1.807, 2.05) is 6.92 Å². The van der Waals surface area contributed by atoms with Crippen molar-refractivity contribution in [3.05, 3.63) is 35.4 Å². The molecular weight excluding hydrogens is 174 g/mol. The van der Waals surface area contributed by atoms with Gasteiger partial charge in [0.15, 0.2) is 11.6 Å². The summed E-state index contributed by atoms with van der Waals surface area (Å²) in [4.78, 5) is 0. The van der Waals surface area contributed by atoms with Crippen LogP contribution in [0, 0.1) is 17.6 Å². The molecule has 0 bridgehead atoms. The third-order valence-electron chi connectivity index (χ3n) is 1.88. The van der Waals surface area contributed by atoms with Gasteiger partial charge in [-0.2, -0.15) is 0 Å². The van der Waals surface area contributed by atoms with E-state index in [0.717, 1.165) is 6.07 Å². The van der Waals surface area contributed by atoms with Gasteiger partial charge in [0.05, 0.1) is 0 Å². The van der Waals surface area contributed by atoms with Gasteiger partial charge in [-0.05, 0) is 30.0 Å². The van der Waals surface area contributed by atoms with E-state index in [1.165, 1.54) is 12.1 Å². The van der Waals surface area contributed by atoms with Crippen LogP contribution in [0.4, 0.5) is 8.78 Å². The lowest BCUT2D eigenvalue weighted by Gasteiger charge is -2.07. The van der Waals surface area contributed by atoms with Gasteiger partial charge in [0.25, 0.3) is 0 Å². The second-order valence-corrected chi connectivity index (χ2v) is 3.24. The summed E-state index contributed by atoms with van der Waals surface area (Å²) in [6, 6.07) is 3.81. The highest BCUT2D eigenvalue weighted by Gasteiger charge is 2.05. The number of aliphatic hydroxyl groups excluding tert-OH is 1. The maximum atomic E-state index is 12.7. The fourth-order valence-electron chi connectivity index (χ4n) is 1.13. The number of halogens is 2. The highest BCUT2D eigenvalue weighted by Crippen LogP contribution is 2.12. The second kappa shape index (κ2) is 4.33. The van der Waals surface area contributed by atoms with Crippen LogP contribution in [-0.4, -0.2) is 11.7 Å². The zero-order valence-corrected chi connectivity index (χ0v) is 7.43. The average molecular weight is 186 g/mol. The number of rotatable bonds is 3. The lowest BCUT2D eigenvalue weighted by atomic mass is 10.0. The van der Waals surface area contributed by atoms with E-state index < -0.39 is 11.6 Å². The predicted octanol–water partition coefficient (Wildman–Crippen LogP) is 2.14. The minimum atomic E-state index is -0.833. The Morgan fingerprint density at radius 1 is 1.31 bits per heavy atom. The van der Waals surface area contributed by atoms with Crippen molar-refractivity contribution >= 4 is 0 Å². The third kappa shape index (κ3) is 2.77. The van der Waals surface area contributed by atoms with Crippen LogP contribution in [0.5, 0.6) is 0 Å². The molecule has 0 radical (unpaired) electrons. The lowest BCUT2D eigenvalue weighted by molar-refractivity contribution is 0.237. The molecule has 3 heteroatoms. The van der Waals surface area contributed by atoms with Crippen molar-refractivity contribution in [3.63, 3.8) is 0 Å². The highest BCUT2D eigenvalue weighted by molar-refractivity contribution is 5.18. The monoisotopic (exact) mass is 186 g/mol. The molecule has 0 saturated heterocycles. The summed E-state index contributed by atoms with van der Waals surface area (Å²) in [5, 5.41) is 8.75. The molecule has 1 aromatic carbocycles. The largest absolute Gasteiger partial charge is 0.396 e. The molecule has 0 aliphatic rings. The van der Waals surface area contributed by atoms with E-state index in [1.54, 1.807) is 0 Å². The Morgan fingerprint density at radius 3 is 2.54 bits per heavy atom. The smallest absolute Gasteiger partial charge is 0.159 e.